The molecule has 0 saturated carbocycles. The molecule has 1 heterocycles. The zero-order valence-electron chi connectivity index (χ0n) is 11.3. The fraction of sp³-hybridized carbons (Fsp3) is 0.769. The van der Waals surface area contributed by atoms with Crippen LogP contribution in [-0.2, 0) is 6.54 Å². The maximum atomic E-state index is 4.43. The lowest BCUT2D eigenvalue weighted by molar-refractivity contribution is 0.517. The van der Waals surface area contributed by atoms with Gasteiger partial charge in [-0.25, -0.2) is 0 Å². The van der Waals surface area contributed by atoms with Gasteiger partial charge in [0.2, 0.25) is 0 Å². The van der Waals surface area contributed by atoms with Gasteiger partial charge in [0.05, 0.1) is 6.20 Å². The SMILES string of the molecule is CCCNC(CC)c1cnn(CCSCC)c1. The van der Waals surface area contributed by atoms with Gasteiger partial charge in [0, 0.05) is 30.1 Å². The minimum absolute atomic E-state index is 0.461. The fourth-order valence-electron chi connectivity index (χ4n) is 1.80. The number of hydrogen-bond acceptors (Lipinski definition) is 3. The van der Waals surface area contributed by atoms with Crippen LogP contribution in [0, 0.1) is 0 Å². The Hall–Kier alpha value is -0.480. The van der Waals surface area contributed by atoms with Gasteiger partial charge in [-0.1, -0.05) is 20.8 Å². The van der Waals surface area contributed by atoms with Gasteiger partial charge >= 0.3 is 0 Å². The summed E-state index contributed by atoms with van der Waals surface area (Å²) in [7, 11) is 0. The molecule has 1 unspecified atom stereocenters. The van der Waals surface area contributed by atoms with E-state index in [0.717, 1.165) is 25.3 Å². The molecule has 1 atom stereocenters. The summed E-state index contributed by atoms with van der Waals surface area (Å²) >= 11 is 1.96. The molecule has 4 heteroatoms. The average Bonchev–Trinajstić information content (AvgIpc) is 2.79. The van der Waals surface area contributed by atoms with Crippen LogP contribution in [-0.4, -0.2) is 27.8 Å². The molecular weight excluding hydrogens is 230 g/mol. The van der Waals surface area contributed by atoms with E-state index in [-0.39, 0.29) is 0 Å². The smallest absolute Gasteiger partial charge is 0.0537 e. The zero-order chi connectivity index (χ0) is 12.5. The normalized spacial score (nSPS) is 12.9. The number of nitrogens with one attached hydrogen (secondary N) is 1. The average molecular weight is 255 g/mol. The summed E-state index contributed by atoms with van der Waals surface area (Å²) in [5.74, 6) is 2.33. The highest BCUT2D eigenvalue weighted by atomic mass is 32.2. The Kier molecular flexibility index (Phi) is 7.37. The van der Waals surface area contributed by atoms with Crippen molar-refractivity contribution in [2.75, 3.05) is 18.1 Å². The van der Waals surface area contributed by atoms with Gasteiger partial charge in [0.15, 0.2) is 0 Å². The summed E-state index contributed by atoms with van der Waals surface area (Å²) in [6.07, 6.45) is 6.49. The van der Waals surface area contributed by atoms with Gasteiger partial charge in [0.1, 0.15) is 0 Å². The Morgan fingerprint density at radius 2 is 2.24 bits per heavy atom. The van der Waals surface area contributed by atoms with Gasteiger partial charge in [-0.15, -0.1) is 0 Å². The third-order valence-electron chi connectivity index (χ3n) is 2.77. The highest BCUT2D eigenvalue weighted by molar-refractivity contribution is 7.99. The molecule has 98 valence electrons. The predicted octanol–water partition coefficient (Wildman–Crippen LogP) is 3.09. The Labute approximate surface area is 109 Å². The van der Waals surface area contributed by atoms with Crippen molar-refractivity contribution in [3.05, 3.63) is 18.0 Å². The molecule has 0 aliphatic rings. The first-order chi connectivity index (χ1) is 8.31. The van der Waals surface area contributed by atoms with Crippen LogP contribution in [0.3, 0.4) is 0 Å². The Bertz CT molecular complexity index is 299. The van der Waals surface area contributed by atoms with Crippen LogP contribution in [0.1, 0.15) is 45.2 Å². The maximum absolute atomic E-state index is 4.43. The number of nitrogens with zero attached hydrogens (tertiary/aromatic N) is 2. The molecule has 1 N–H and O–H groups in total. The van der Waals surface area contributed by atoms with Crippen LogP contribution in [0.4, 0.5) is 0 Å². The van der Waals surface area contributed by atoms with E-state index in [0.29, 0.717) is 6.04 Å². The maximum Gasteiger partial charge on any atom is 0.0537 e. The summed E-state index contributed by atoms with van der Waals surface area (Å²) in [5.41, 5.74) is 1.32. The first-order valence-corrected chi connectivity index (χ1v) is 7.80. The van der Waals surface area contributed by atoms with Gasteiger partial charge in [-0.2, -0.15) is 16.9 Å². The number of hydrogen-bond donors (Lipinski definition) is 1. The van der Waals surface area contributed by atoms with Crippen molar-refractivity contribution in [2.24, 2.45) is 0 Å². The van der Waals surface area contributed by atoms with Crippen LogP contribution in [0.25, 0.3) is 0 Å². The van der Waals surface area contributed by atoms with Crippen LogP contribution in [0.5, 0.6) is 0 Å². The quantitative estimate of drug-likeness (QED) is 0.688. The van der Waals surface area contributed by atoms with Gasteiger partial charge in [-0.05, 0) is 25.1 Å². The molecule has 0 spiro atoms. The summed E-state index contributed by atoms with van der Waals surface area (Å²) in [6, 6.07) is 0.461. The molecule has 3 nitrogen and oxygen atoms in total. The molecule has 0 amide bonds. The largest absolute Gasteiger partial charge is 0.310 e. The third-order valence-corrected chi connectivity index (χ3v) is 3.65. The van der Waals surface area contributed by atoms with Gasteiger partial charge in [-0.3, -0.25) is 4.68 Å². The monoisotopic (exact) mass is 255 g/mol. The molecule has 0 bridgehead atoms. The van der Waals surface area contributed by atoms with Crippen LogP contribution in [0.2, 0.25) is 0 Å². The van der Waals surface area contributed by atoms with E-state index in [9.17, 15) is 0 Å². The molecule has 1 aromatic rings. The second-order valence-corrected chi connectivity index (χ2v) is 5.54. The lowest BCUT2D eigenvalue weighted by Crippen LogP contribution is -2.21. The summed E-state index contributed by atoms with van der Waals surface area (Å²) < 4.78 is 2.06. The van der Waals surface area contributed by atoms with Gasteiger partial charge < -0.3 is 5.32 Å². The van der Waals surface area contributed by atoms with E-state index in [2.05, 4.69) is 42.1 Å². The van der Waals surface area contributed by atoms with Crippen molar-refractivity contribution in [3.63, 3.8) is 0 Å². The van der Waals surface area contributed by atoms with Crippen molar-refractivity contribution in [2.45, 2.75) is 46.2 Å². The molecule has 0 fully saturated rings. The number of aromatic nitrogens is 2. The molecule has 1 rings (SSSR count). The highest BCUT2D eigenvalue weighted by Crippen LogP contribution is 2.15. The minimum Gasteiger partial charge on any atom is -0.310 e. The van der Waals surface area contributed by atoms with Crippen LogP contribution >= 0.6 is 11.8 Å². The van der Waals surface area contributed by atoms with E-state index in [4.69, 9.17) is 0 Å². The van der Waals surface area contributed by atoms with Crippen molar-refractivity contribution in [1.82, 2.24) is 15.1 Å². The summed E-state index contributed by atoms with van der Waals surface area (Å²) in [4.78, 5) is 0. The van der Waals surface area contributed by atoms with Crippen molar-refractivity contribution < 1.29 is 0 Å². The zero-order valence-corrected chi connectivity index (χ0v) is 12.1. The molecule has 0 aliphatic carbocycles. The fourth-order valence-corrected chi connectivity index (χ4v) is 2.41. The van der Waals surface area contributed by atoms with E-state index >= 15 is 0 Å². The highest BCUT2D eigenvalue weighted by Gasteiger charge is 2.10. The first-order valence-electron chi connectivity index (χ1n) is 6.65. The molecule has 0 aliphatic heterocycles. The number of rotatable bonds is 9. The van der Waals surface area contributed by atoms with Crippen LogP contribution < -0.4 is 5.32 Å². The second-order valence-electron chi connectivity index (χ2n) is 4.15. The lowest BCUT2D eigenvalue weighted by atomic mass is 10.1. The lowest BCUT2D eigenvalue weighted by Gasteiger charge is -2.14. The molecule has 0 saturated heterocycles. The molecule has 0 aromatic carbocycles. The Balaban J connectivity index is 2.46. The summed E-state index contributed by atoms with van der Waals surface area (Å²) in [5, 5.41) is 7.99. The van der Waals surface area contributed by atoms with Crippen LogP contribution in [0.15, 0.2) is 12.4 Å². The van der Waals surface area contributed by atoms with E-state index in [1.165, 1.54) is 17.7 Å². The van der Waals surface area contributed by atoms with Gasteiger partial charge in [0.25, 0.3) is 0 Å². The van der Waals surface area contributed by atoms with Crippen molar-refractivity contribution >= 4 is 11.8 Å². The van der Waals surface area contributed by atoms with E-state index in [1.54, 1.807) is 0 Å². The summed E-state index contributed by atoms with van der Waals surface area (Å²) in [6.45, 7) is 8.71. The number of thioether (sulfide) groups is 1. The van der Waals surface area contributed by atoms with E-state index in [1.807, 2.05) is 18.0 Å². The Morgan fingerprint density at radius 3 is 2.88 bits per heavy atom. The molecular formula is C13H25N3S. The molecule has 1 aromatic heterocycles. The topological polar surface area (TPSA) is 29.9 Å². The van der Waals surface area contributed by atoms with Crippen molar-refractivity contribution in [1.29, 1.82) is 0 Å². The first kappa shape index (κ1) is 14.6. The Morgan fingerprint density at radius 1 is 1.41 bits per heavy atom. The minimum atomic E-state index is 0.461. The van der Waals surface area contributed by atoms with Crippen molar-refractivity contribution in [3.8, 4) is 0 Å². The number of aryl methyl sites for hydroxylation is 1. The molecule has 0 radical (unpaired) electrons. The second kappa shape index (κ2) is 8.59. The molecule has 17 heavy (non-hydrogen) atoms. The third kappa shape index (κ3) is 5.13. The standard InChI is InChI=1S/C13H25N3S/c1-4-7-14-13(5-2)12-10-15-16(11-12)8-9-17-6-3/h10-11,13-14H,4-9H2,1-3H3. The van der Waals surface area contributed by atoms with E-state index < -0.39 is 0 Å². The predicted molar refractivity (Wildman–Crippen MR) is 76.6 cm³/mol.